The van der Waals surface area contributed by atoms with Crippen molar-refractivity contribution in [2.45, 2.75) is 57.9 Å². The van der Waals surface area contributed by atoms with E-state index in [1.165, 1.54) is 32.1 Å². The van der Waals surface area contributed by atoms with Crippen molar-refractivity contribution in [2.75, 3.05) is 0 Å². The molecule has 0 aromatic rings. The molecule has 4 fully saturated rings. The molecule has 4 aliphatic carbocycles. The molecule has 0 aromatic carbocycles. The van der Waals surface area contributed by atoms with E-state index >= 15 is 0 Å². The Morgan fingerprint density at radius 3 is 2.26 bits per heavy atom. The number of rotatable bonds is 4. The Morgan fingerprint density at radius 2 is 1.79 bits per heavy atom. The fraction of sp³-hybridized carbons (Fsp3) is 0.824. The van der Waals surface area contributed by atoms with Crippen LogP contribution in [-0.4, -0.2) is 11.9 Å². The third-order valence-electron chi connectivity index (χ3n) is 5.62. The zero-order valence-electron chi connectivity index (χ0n) is 11.9. The Bertz CT molecular complexity index is 367. The van der Waals surface area contributed by atoms with Crippen LogP contribution in [0.2, 0.25) is 0 Å². The number of nitrogens with one attached hydrogen (secondary N) is 1. The number of carbonyl (C=O) groups is 1. The predicted molar refractivity (Wildman–Crippen MR) is 76.2 cm³/mol. The molecule has 4 aliphatic rings. The number of carbonyl (C=O) groups excluding carboxylic acids is 1. The minimum absolute atomic E-state index is 0.0605. The predicted octanol–water partition coefficient (Wildman–Crippen LogP) is 2.98. The van der Waals surface area contributed by atoms with Gasteiger partial charge in [-0.1, -0.05) is 19.3 Å². The van der Waals surface area contributed by atoms with Crippen molar-refractivity contribution in [3.63, 3.8) is 0 Å². The van der Waals surface area contributed by atoms with Gasteiger partial charge in [-0.2, -0.15) is 0 Å². The number of amides is 1. The summed E-state index contributed by atoms with van der Waals surface area (Å²) in [5.74, 6) is 6.39. The lowest BCUT2D eigenvalue weighted by atomic mass is 9.51. The van der Waals surface area contributed by atoms with Crippen LogP contribution >= 0.6 is 0 Å². The van der Waals surface area contributed by atoms with E-state index in [1.54, 1.807) is 0 Å². The summed E-state index contributed by atoms with van der Waals surface area (Å²) in [6.45, 7) is 2.11. The molecule has 0 aliphatic heterocycles. The van der Waals surface area contributed by atoms with Gasteiger partial charge in [-0.25, -0.2) is 0 Å². The lowest BCUT2D eigenvalue weighted by Gasteiger charge is -2.53. The van der Waals surface area contributed by atoms with Crippen LogP contribution < -0.4 is 5.32 Å². The average molecular weight is 259 g/mol. The van der Waals surface area contributed by atoms with Crippen molar-refractivity contribution in [3.8, 4) is 12.3 Å². The van der Waals surface area contributed by atoms with Crippen LogP contribution in [0.25, 0.3) is 0 Å². The highest BCUT2D eigenvalue weighted by molar-refractivity contribution is 5.80. The van der Waals surface area contributed by atoms with E-state index in [-0.39, 0.29) is 17.9 Å². The van der Waals surface area contributed by atoms with Gasteiger partial charge in [0.05, 0.1) is 6.04 Å². The summed E-state index contributed by atoms with van der Waals surface area (Å²) in [5.41, 5.74) is 0. The van der Waals surface area contributed by atoms with E-state index in [9.17, 15) is 4.79 Å². The molecule has 0 radical (unpaired) electrons. The van der Waals surface area contributed by atoms with E-state index in [0.717, 1.165) is 24.7 Å². The lowest BCUT2D eigenvalue weighted by Crippen LogP contribution is -2.52. The summed E-state index contributed by atoms with van der Waals surface area (Å²) in [6, 6.07) is -0.0605. The molecule has 1 amide bonds. The smallest absolute Gasteiger partial charge is 0.224 e. The van der Waals surface area contributed by atoms with Crippen molar-refractivity contribution in [1.29, 1.82) is 0 Å². The van der Waals surface area contributed by atoms with E-state index in [0.29, 0.717) is 11.8 Å². The van der Waals surface area contributed by atoms with E-state index < -0.39 is 0 Å². The second-order valence-corrected chi connectivity index (χ2v) is 6.97. The topological polar surface area (TPSA) is 29.1 Å². The Balaban J connectivity index is 1.65. The first-order chi connectivity index (χ1) is 9.21. The Labute approximate surface area is 116 Å². The summed E-state index contributed by atoms with van der Waals surface area (Å²) >= 11 is 0. The Kier molecular flexibility index (Phi) is 3.56. The monoisotopic (exact) mass is 259 g/mol. The largest absolute Gasteiger partial charge is 0.342 e. The summed E-state index contributed by atoms with van der Waals surface area (Å²) in [5, 5.41) is 3.12. The molecule has 2 nitrogen and oxygen atoms in total. The molecule has 4 rings (SSSR count). The third kappa shape index (κ3) is 2.40. The number of terminal acetylenes is 1. The molecule has 0 spiro atoms. The molecule has 1 unspecified atom stereocenters. The molecule has 2 heteroatoms. The van der Waals surface area contributed by atoms with Gasteiger partial charge in [0, 0.05) is 5.92 Å². The zero-order valence-corrected chi connectivity index (χ0v) is 11.9. The normalized spacial score (nSPS) is 40.7. The van der Waals surface area contributed by atoms with Crippen LogP contribution in [0.1, 0.15) is 51.9 Å². The first kappa shape index (κ1) is 13.0. The highest BCUT2D eigenvalue weighted by Gasteiger charge is 2.50. The van der Waals surface area contributed by atoms with Gasteiger partial charge in [0.15, 0.2) is 0 Å². The van der Waals surface area contributed by atoms with Crippen LogP contribution in [-0.2, 0) is 4.79 Å². The van der Waals surface area contributed by atoms with Crippen molar-refractivity contribution in [1.82, 2.24) is 5.32 Å². The number of hydrogen-bond donors (Lipinski definition) is 1. The first-order valence-electron chi connectivity index (χ1n) is 7.97. The van der Waals surface area contributed by atoms with Gasteiger partial charge in [0.25, 0.3) is 0 Å². The maximum absolute atomic E-state index is 12.6. The average Bonchev–Trinajstić information content (AvgIpc) is 2.36. The van der Waals surface area contributed by atoms with Crippen molar-refractivity contribution >= 4 is 5.91 Å². The van der Waals surface area contributed by atoms with E-state index in [2.05, 4.69) is 18.2 Å². The van der Waals surface area contributed by atoms with Crippen LogP contribution in [0.5, 0.6) is 0 Å². The second kappa shape index (κ2) is 5.19. The van der Waals surface area contributed by atoms with Crippen molar-refractivity contribution in [2.24, 2.45) is 29.6 Å². The molecular weight excluding hydrogens is 234 g/mol. The molecule has 19 heavy (non-hydrogen) atoms. The van der Waals surface area contributed by atoms with Crippen LogP contribution in [0, 0.1) is 41.9 Å². The zero-order chi connectivity index (χ0) is 13.4. The molecule has 4 bridgehead atoms. The minimum atomic E-state index is -0.0605. The van der Waals surface area contributed by atoms with Crippen molar-refractivity contribution < 1.29 is 4.79 Å². The van der Waals surface area contributed by atoms with Crippen LogP contribution in [0.4, 0.5) is 0 Å². The lowest BCUT2D eigenvalue weighted by molar-refractivity contribution is -0.138. The first-order valence-corrected chi connectivity index (χ1v) is 7.97. The van der Waals surface area contributed by atoms with E-state index in [4.69, 9.17) is 6.42 Å². The molecular formula is C17H25NO. The fourth-order valence-corrected chi connectivity index (χ4v) is 5.11. The fourth-order valence-electron chi connectivity index (χ4n) is 5.11. The SMILES string of the molecule is C#CC(CCC)NC(=O)C1C2CC3CC(C2)CC1C3. The maximum atomic E-state index is 12.6. The Hall–Kier alpha value is -0.970. The molecule has 0 heterocycles. The van der Waals surface area contributed by atoms with Crippen molar-refractivity contribution in [3.05, 3.63) is 0 Å². The molecule has 1 N–H and O–H groups in total. The summed E-state index contributed by atoms with van der Waals surface area (Å²) in [7, 11) is 0. The van der Waals surface area contributed by atoms with Crippen LogP contribution in [0.15, 0.2) is 0 Å². The summed E-state index contributed by atoms with van der Waals surface area (Å²) in [4.78, 5) is 12.6. The van der Waals surface area contributed by atoms with Gasteiger partial charge in [0.2, 0.25) is 5.91 Å². The van der Waals surface area contributed by atoms with Crippen LogP contribution in [0.3, 0.4) is 0 Å². The van der Waals surface area contributed by atoms with Gasteiger partial charge < -0.3 is 5.32 Å². The summed E-state index contributed by atoms with van der Waals surface area (Å²) in [6.07, 6.45) is 14.0. The minimum Gasteiger partial charge on any atom is -0.342 e. The highest BCUT2D eigenvalue weighted by Crippen LogP contribution is 2.56. The van der Waals surface area contributed by atoms with Gasteiger partial charge in [-0.3, -0.25) is 4.79 Å². The molecule has 104 valence electrons. The molecule has 0 aromatic heterocycles. The second-order valence-electron chi connectivity index (χ2n) is 6.97. The summed E-state index contributed by atoms with van der Waals surface area (Å²) < 4.78 is 0. The third-order valence-corrected chi connectivity index (χ3v) is 5.62. The molecule has 1 atom stereocenters. The maximum Gasteiger partial charge on any atom is 0.224 e. The van der Waals surface area contributed by atoms with Gasteiger partial charge in [-0.15, -0.1) is 6.42 Å². The Morgan fingerprint density at radius 1 is 1.21 bits per heavy atom. The number of hydrogen-bond acceptors (Lipinski definition) is 1. The van der Waals surface area contributed by atoms with Gasteiger partial charge in [-0.05, 0) is 62.2 Å². The standard InChI is InChI=1S/C17H25NO/c1-3-5-15(4-2)18-17(19)16-13-7-11-6-12(9-13)10-14(16)8-11/h2,11-16H,3,5-10H2,1H3,(H,18,19). The van der Waals surface area contributed by atoms with Gasteiger partial charge >= 0.3 is 0 Å². The molecule has 0 saturated heterocycles. The quantitative estimate of drug-likeness (QED) is 0.773. The molecule has 4 saturated carbocycles. The van der Waals surface area contributed by atoms with E-state index in [1.807, 2.05) is 0 Å². The highest BCUT2D eigenvalue weighted by atomic mass is 16.2. The van der Waals surface area contributed by atoms with Gasteiger partial charge in [0.1, 0.15) is 0 Å².